The van der Waals surface area contributed by atoms with Crippen LogP contribution in [0.2, 0.25) is 0 Å². The molecule has 0 unspecified atom stereocenters. The van der Waals surface area contributed by atoms with Crippen molar-refractivity contribution in [2.45, 2.75) is 26.7 Å². The second-order valence-corrected chi connectivity index (χ2v) is 6.18. The summed E-state index contributed by atoms with van der Waals surface area (Å²) < 4.78 is 10.8. The Morgan fingerprint density at radius 3 is 2.04 bits per heavy atom. The van der Waals surface area contributed by atoms with Crippen LogP contribution in [0.1, 0.15) is 27.9 Å². The highest BCUT2D eigenvalue weighted by molar-refractivity contribution is 5.58. The standard InChI is InChI=1S/C19H22N4O2/c1-12-13(2)21-22-19(16(12)11-20)23-7-5-14-9-17(24-3)18(25-4)10-15(14)6-8-23/h9-10H,5-8H2,1-4H3. The number of fused-ring (bicyclic) bond motifs is 1. The number of methoxy groups -OCH3 is 2. The first-order valence-corrected chi connectivity index (χ1v) is 8.31. The van der Waals surface area contributed by atoms with E-state index in [-0.39, 0.29) is 0 Å². The van der Waals surface area contributed by atoms with Crippen LogP contribution in [0.4, 0.5) is 5.82 Å². The lowest BCUT2D eigenvalue weighted by atomic mass is 10.0. The highest BCUT2D eigenvalue weighted by atomic mass is 16.5. The van der Waals surface area contributed by atoms with Gasteiger partial charge in [0.25, 0.3) is 0 Å². The second kappa shape index (κ2) is 6.98. The highest BCUT2D eigenvalue weighted by Crippen LogP contribution is 2.33. The summed E-state index contributed by atoms with van der Waals surface area (Å²) in [5.41, 5.74) is 4.81. The molecule has 2 heterocycles. The Labute approximate surface area is 148 Å². The molecule has 1 aliphatic heterocycles. The van der Waals surface area contributed by atoms with Crippen LogP contribution in [0.5, 0.6) is 11.5 Å². The molecule has 0 fully saturated rings. The van der Waals surface area contributed by atoms with Gasteiger partial charge in [0, 0.05) is 13.1 Å². The van der Waals surface area contributed by atoms with Crippen LogP contribution in [0.15, 0.2) is 12.1 Å². The summed E-state index contributed by atoms with van der Waals surface area (Å²) in [5.74, 6) is 2.18. The number of nitriles is 1. The van der Waals surface area contributed by atoms with E-state index in [0.29, 0.717) is 11.4 Å². The number of rotatable bonds is 3. The lowest BCUT2D eigenvalue weighted by Gasteiger charge is -2.22. The molecule has 1 aliphatic rings. The third-order valence-electron chi connectivity index (χ3n) is 4.86. The third-order valence-corrected chi connectivity index (χ3v) is 4.86. The minimum absolute atomic E-state index is 0.619. The van der Waals surface area contributed by atoms with Gasteiger partial charge in [-0.15, -0.1) is 5.10 Å². The average Bonchev–Trinajstić information content (AvgIpc) is 2.84. The first-order chi connectivity index (χ1) is 12.1. The Kier molecular flexibility index (Phi) is 4.75. The molecule has 130 valence electrons. The van der Waals surface area contributed by atoms with Gasteiger partial charge >= 0.3 is 0 Å². The Bertz CT molecular complexity index is 807. The number of aryl methyl sites for hydroxylation is 1. The van der Waals surface area contributed by atoms with E-state index in [2.05, 4.69) is 33.3 Å². The summed E-state index contributed by atoms with van der Waals surface area (Å²) in [4.78, 5) is 2.15. The minimum atomic E-state index is 0.619. The highest BCUT2D eigenvalue weighted by Gasteiger charge is 2.22. The maximum absolute atomic E-state index is 9.56. The summed E-state index contributed by atoms with van der Waals surface area (Å²) in [6.45, 7) is 5.38. The molecule has 0 saturated carbocycles. The molecular weight excluding hydrogens is 316 g/mol. The molecule has 0 atom stereocenters. The SMILES string of the molecule is COc1cc2c(cc1OC)CCN(c1nnc(C)c(C)c1C#N)CC2. The Balaban J connectivity index is 1.93. The Hall–Kier alpha value is -2.81. The van der Waals surface area contributed by atoms with Gasteiger partial charge in [0.1, 0.15) is 11.6 Å². The molecular formula is C19H22N4O2. The van der Waals surface area contributed by atoms with Crippen LogP contribution in [0, 0.1) is 25.2 Å². The van der Waals surface area contributed by atoms with Gasteiger partial charge in [-0.1, -0.05) is 0 Å². The number of aromatic nitrogens is 2. The van der Waals surface area contributed by atoms with Crippen molar-refractivity contribution in [1.29, 1.82) is 5.26 Å². The molecule has 0 amide bonds. The van der Waals surface area contributed by atoms with Crippen LogP contribution in [-0.4, -0.2) is 37.5 Å². The number of hydrogen-bond acceptors (Lipinski definition) is 6. The van der Waals surface area contributed by atoms with Crippen LogP contribution < -0.4 is 14.4 Å². The molecule has 0 bridgehead atoms. The smallest absolute Gasteiger partial charge is 0.169 e. The predicted molar refractivity (Wildman–Crippen MR) is 95.4 cm³/mol. The third kappa shape index (κ3) is 3.10. The quantitative estimate of drug-likeness (QED) is 0.857. The molecule has 2 aromatic rings. The van der Waals surface area contributed by atoms with E-state index in [1.54, 1.807) is 14.2 Å². The molecule has 3 rings (SSSR count). The summed E-state index contributed by atoms with van der Waals surface area (Å²) >= 11 is 0. The van der Waals surface area contributed by atoms with Gasteiger partial charge in [-0.05, 0) is 55.5 Å². The van der Waals surface area contributed by atoms with Crippen molar-refractivity contribution in [1.82, 2.24) is 10.2 Å². The maximum atomic E-state index is 9.56. The minimum Gasteiger partial charge on any atom is -0.493 e. The van der Waals surface area contributed by atoms with E-state index in [4.69, 9.17) is 9.47 Å². The summed E-state index contributed by atoms with van der Waals surface area (Å²) in [5, 5.41) is 18.1. The van der Waals surface area contributed by atoms with Gasteiger partial charge in [0.2, 0.25) is 0 Å². The van der Waals surface area contributed by atoms with E-state index in [0.717, 1.165) is 48.7 Å². The van der Waals surface area contributed by atoms with E-state index < -0.39 is 0 Å². The van der Waals surface area contributed by atoms with E-state index >= 15 is 0 Å². The molecule has 1 aromatic carbocycles. The van der Waals surface area contributed by atoms with Crippen molar-refractivity contribution in [3.63, 3.8) is 0 Å². The molecule has 0 N–H and O–H groups in total. The van der Waals surface area contributed by atoms with Crippen LogP contribution in [0.25, 0.3) is 0 Å². The lowest BCUT2D eigenvalue weighted by molar-refractivity contribution is 0.354. The lowest BCUT2D eigenvalue weighted by Crippen LogP contribution is -2.28. The number of benzene rings is 1. The molecule has 25 heavy (non-hydrogen) atoms. The topological polar surface area (TPSA) is 71.3 Å². The van der Waals surface area contributed by atoms with Gasteiger partial charge in [-0.3, -0.25) is 0 Å². The molecule has 6 heteroatoms. The fourth-order valence-electron chi connectivity index (χ4n) is 3.21. The second-order valence-electron chi connectivity index (χ2n) is 6.18. The number of nitrogens with zero attached hydrogens (tertiary/aromatic N) is 4. The Morgan fingerprint density at radius 2 is 1.56 bits per heavy atom. The van der Waals surface area contributed by atoms with Gasteiger partial charge in [-0.2, -0.15) is 10.4 Å². The van der Waals surface area contributed by atoms with Crippen LogP contribution in [0.3, 0.4) is 0 Å². The number of hydrogen-bond donors (Lipinski definition) is 0. The van der Waals surface area contributed by atoms with E-state index in [9.17, 15) is 5.26 Å². The van der Waals surface area contributed by atoms with Gasteiger partial charge in [-0.25, -0.2) is 0 Å². The van der Waals surface area contributed by atoms with Crippen molar-refractivity contribution in [3.8, 4) is 17.6 Å². The first-order valence-electron chi connectivity index (χ1n) is 8.31. The maximum Gasteiger partial charge on any atom is 0.169 e. The fourth-order valence-corrected chi connectivity index (χ4v) is 3.21. The largest absolute Gasteiger partial charge is 0.493 e. The molecule has 0 radical (unpaired) electrons. The summed E-state index contributed by atoms with van der Waals surface area (Å²) in [7, 11) is 3.30. The number of ether oxygens (including phenoxy) is 2. The van der Waals surface area contributed by atoms with Crippen LogP contribution in [-0.2, 0) is 12.8 Å². The average molecular weight is 338 g/mol. The molecule has 6 nitrogen and oxygen atoms in total. The molecule has 0 saturated heterocycles. The molecule has 0 aliphatic carbocycles. The van der Waals surface area contributed by atoms with Crippen molar-refractivity contribution in [2.24, 2.45) is 0 Å². The van der Waals surface area contributed by atoms with Crippen molar-refractivity contribution in [3.05, 3.63) is 40.1 Å². The molecule has 1 aromatic heterocycles. The summed E-state index contributed by atoms with van der Waals surface area (Å²) in [6, 6.07) is 6.40. The first kappa shape index (κ1) is 17.0. The zero-order valence-corrected chi connectivity index (χ0v) is 15.1. The zero-order valence-electron chi connectivity index (χ0n) is 15.1. The van der Waals surface area contributed by atoms with Gasteiger partial charge in [0.15, 0.2) is 17.3 Å². The monoisotopic (exact) mass is 338 g/mol. The summed E-state index contributed by atoms with van der Waals surface area (Å²) in [6.07, 6.45) is 1.71. The van der Waals surface area contributed by atoms with Crippen molar-refractivity contribution in [2.75, 3.05) is 32.2 Å². The van der Waals surface area contributed by atoms with Crippen LogP contribution >= 0.6 is 0 Å². The van der Waals surface area contributed by atoms with E-state index in [1.165, 1.54) is 11.1 Å². The predicted octanol–water partition coefficient (Wildman–Crippen LogP) is 2.59. The zero-order chi connectivity index (χ0) is 18.0. The van der Waals surface area contributed by atoms with Crippen molar-refractivity contribution < 1.29 is 9.47 Å². The number of anilines is 1. The van der Waals surface area contributed by atoms with Gasteiger partial charge < -0.3 is 14.4 Å². The van der Waals surface area contributed by atoms with Gasteiger partial charge in [0.05, 0.1) is 19.9 Å². The van der Waals surface area contributed by atoms with Crippen molar-refractivity contribution >= 4 is 5.82 Å². The fraction of sp³-hybridized carbons (Fsp3) is 0.421. The normalized spacial score (nSPS) is 13.6. The van der Waals surface area contributed by atoms with E-state index in [1.807, 2.05) is 13.8 Å². The molecule has 0 spiro atoms. The Morgan fingerprint density at radius 1 is 1.00 bits per heavy atom.